The zero-order valence-electron chi connectivity index (χ0n) is 11.0. The summed E-state index contributed by atoms with van der Waals surface area (Å²) in [5, 5.41) is 0. The summed E-state index contributed by atoms with van der Waals surface area (Å²) in [6.07, 6.45) is 2.15. The third-order valence-electron chi connectivity index (χ3n) is 5.08. The zero-order valence-corrected chi connectivity index (χ0v) is 11.0. The largest absolute Gasteiger partial charge is 0.299 e. The molecule has 0 aromatic heterocycles. The number of ketones is 1. The lowest BCUT2D eigenvalue weighted by molar-refractivity contribution is -0.143. The molecule has 102 valence electrons. The van der Waals surface area contributed by atoms with E-state index in [4.69, 9.17) is 0 Å². The fourth-order valence-corrected chi connectivity index (χ4v) is 4.22. The maximum absolute atomic E-state index is 12.6. The number of rotatable bonds is 1. The Morgan fingerprint density at radius 2 is 1.60 bits per heavy atom. The van der Waals surface area contributed by atoms with Gasteiger partial charge in [0.25, 0.3) is 0 Å². The number of carbonyl (C=O) groups excluding carboxylic acids is 3. The molecule has 3 saturated carbocycles. The molecule has 4 aliphatic rings. The topological polar surface area (TPSA) is 54.5 Å². The van der Waals surface area contributed by atoms with Crippen molar-refractivity contribution in [2.24, 2.45) is 23.7 Å². The minimum Gasteiger partial charge on any atom is -0.299 e. The first-order chi connectivity index (χ1) is 9.68. The van der Waals surface area contributed by atoms with Crippen molar-refractivity contribution in [2.45, 2.75) is 19.3 Å². The first kappa shape index (κ1) is 11.8. The summed E-state index contributed by atoms with van der Waals surface area (Å²) in [6.45, 7) is 0. The van der Waals surface area contributed by atoms with Crippen molar-refractivity contribution in [1.29, 1.82) is 0 Å². The number of benzene rings is 1. The Hall–Kier alpha value is -1.97. The summed E-state index contributed by atoms with van der Waals surface area (Å²) in [7, 11) is 0. The van der Waals surface area contributed by atoms with Crippen LogP contribution in [0.3, 0.4) is 0 Å². The zero-order chi connectivity index (χ0) is 13.9. The number of anilines is 1. The molecule has 2 amide bonds. The summed E-state index contributed by atoms with van der Waals surface area (Å²) in [5.74, 6) is -0.916. The molecule has 1 aromatic rings. The monoisotopic (exact) mass is 269 g/mol. The third-order valence-corrected chi connectivity index (χ3v) is 5.08. The van der Waals surface area contributed by atoms with Crippen LogP contribution >= 0.6 is 0 Å². The minimum atomic E-state index is -0.400. The Morgan fingerprint density at radius 1 is 0.900 bits per heavy atom. The molecule has 1 saturated heterocycles. The van der Waals surface area contributed by atoms with Crippen molar-refractivity contribution in [3.8, 4) is 0 Å². The number of hydrogen-bond acceptors (Lipinski definition) is 3. The second-order valence-electron chi connectivity index (χ2n) is 6.01. The highest BCUT2D eigenvalue weighted by atomic mass is 16.2. The Kier molecular flexibility index (Phi) is 2.37. The van der Waals surface area contributed by atoms with E-state index in [2.05, 4.69) is 0 Å². The first-order valence-corrected chi connectivity index (χ1v) is 7.14. The van der Waals surface area contributed by atoms with E-state index in [9.17, 15) is 14.4 Å². The molecule has 5 rings (SSSR count). The molecule has 0 N–H and O–H groups in total. The van der Waals surface area contributed by atoms with Crippen molar-refractivity contribution in [3.63, 3.8) is 0 Å². The van der Waals surface area contributed by atoms with Crippen molar-refractivity contribution >= 4 is 23.3 Å². The van der Waals surface area contributed by atoms with Crippen molar-refractivity contribution in [2.75, 3.05) is 4.90 Å². The van der Waals surface area contributed by atoms with Gasteiger partial charge in [0.2, 0.25) is 11.8 Å². The van der Waals surface area contributed by atoms with Gasteiger partial charge in [-0.2, -0.15) is 0 Å². The van der Waals surface area contributed by atoms with Crippen LogP contribution in [0.2, 0.25) is 0 Å². The van der Waals surface area contributed by atoms with E-state index in [0.29, 0.717) is 12.1 Å². The average molecular weight is 269 g/mol. The molecule has 1 aromatic carbocycles. The van der Waals surface area contributed by atoms with Gasteiger partial charge in [-0.15, -0.1) is 0 Å². The predicted octanol–water partition coefficient (Wildman–Crippen LogP) is 1.79. The molecule has 0 spiro atoms. The predicted molar refractivity (Wildman–Crippen MR) is 71.8 cm³/mol. The summed E-state index contributed by atoms with van der Waals surface area (Å²) in [5.41, 5.74) is 0.628. The van der Waals surface area contributed by atoms with E-state index in [1.165, 1.54) is 4.90 Å². The highest BCUT2D eigenvalue weighted by Gasteiger charge is 2.60. The van der Waals surface area contributed by atoms with Crippen LogP contribution in [0, 0.1) is 23.7 Å². The van der Waals surface area contributed by atoms with Crippen LogP contribution in [0.1, 0.15) is 19.3 Å². The number of Topliss-reactive ketones (excluding diaryl/α,β-unsaturated/α-hetero) is 1. The van der Waals surface area contributed by atoms with Gasteiger partial charge in [-0.1, -0.05) is 18.2 Å². The number of para-hydroxylation sites is 1. The van der Waals surface area contributed by atoms with Crippen LogP contribution in [0.5, 0.6) is 0 Å². The van der Waals surface area contributed by atoms with E-state index in [1.54, 1.807) is 12.1 Å². The average Bonchev–Trinajstić information content (AvgIpc) is 2.74. The maximum atomic E-state index is 12.6. The number of hydrogen-bond donors (Lipinski definition) is 0. The van der Waals surface area contributed by atoms with Crippen LogP contribution in [0.25, 0.3) is 0 Å². The van der Waals surface area contributed by atoms with Gasteiger partial charge < -0.3 is 0 Å². The van der Waals surface area contributed by atoms with Crippen LogP contribution in [-0.2, 0) is 14.4 Å². The molecule has 1 heterocycles. The van der Waals surface area contributed by atoms with E-state index < -0.39 is 5.92 Å². The van der Waals surface area contributed by atoms with Crippen molar-refractivity contribution in [1.82, 2.24) is 0 Å². The molecule has 4 fully saturated rings. The molecule has 0 radical (unpaired) electrons. The second-order valence-corrected chi connectivity index (χ2v) is 6.01. The van der Waals surface area contributed by atoms with Gasteiger partial charge in [-0.05, 0) is 30.9 Å². The molecule has 4 heteroatoms. The Balaban J connectivity index is 1.78. The second kappa shape index (κ2) is 4.01. The highest BCUT2D eigenvalue weighted by Crippen LogP contribution is 2.52. The molecular weight excluding hydrogens is 254 g/mol. The van der Waals surface area contributed by atoms with E-state index in [0.717, 1.165) is 12.8 Å². The SMILES string of the molecule is O=C1C[C@H]2CC[C@@H]1[C@H]1C(=O)N(c3ccccc3)C(=O)[C@@H]21. The summed E-state index contributed by atoms with van der Waals surface area (Å²) in [4.78, 5) is 38.6. The summed E-state index contributed by atoms with van der Waals surface area (Å²) < 4.78 is 0. The highest BCUT2D eigenvalue weighted by molar-refractivity contribution is 6.23. The minimum absolute atomic E-state index is 0.0719. The van der Waals surface area contributed by atoms with Crippen molar-refractivity contribution < 1.29 is 14.4 Å². The molecule has 4 atom stereocenters. The lowest BCUT2D eigenvalue weighted by atomic mass is 9.59. The van der Waals surface area contributed by atoms with Gasteiger partial charge in [0, 0.05) is 12.3 Å². The molecule has 3 aliphatic carbocycles. The normalized spacial score (nSPS) is 35.6. The fourth-order valence-electron chi connectivity index (χ4n) is 4.22. The Bertz CT molecular complexity index is 609. The molecule has 1 aliphatic heterocycles. The van der Waals surface area contributed by atoms with Gasteiger partial charge in [0.1, 0.15) is 5.78 Å². The van der Waals surface area contributed by atoms with Gasteiger partial charge in [-0.3, -0.25) is 19.3 Å². The fraction of sp³-hybridized carbons (Fsp3) is 0.438. The van der Waals surface area contributed by atoms with Crippen LogP contribution in [-0.4, -0.2) is 17.6 Å². The molecular formula is C16H15NO3. The number of carbonyl (C=O) groups is 3. The number of amides is 2. The van der Waals surface area contributed by atoms with Gasteiger partial charge in [0.05, 0.1) is 17.5 Å². The van der Waals surface area contributed by atoms with Crippen molar-refractivity contribution in [3.05, 3.63) is 30.3 Å². The summed E-state index contributed by atoms with van der Waals surface area (Å²) >= 11 is 0. The van der Waals surface area contributed by atoms with E-state index >= 15 is 0 Å². The van der Waals surface area contributed by atoms with Crippen LogP contribution < -0.4 is 4.90 Å². The van der Waals surface area contributed by atoms with Gasteiger partial charge in [-0.25, -0.2) is 0 Å². The van der Waals surface area contributed by atoms with Gasteiger partial charge in [0.15, 0.2) is 0 Å². The van der Waals surface area contributed by atoms with E-state index in [1.807, 2.05) is 18.2 Å². The summed E-state index contributed by atoms with van der Waals surface area (Å²) in [6, 6.07) is 9.04. The standard InChI is InChI=1S/C16H15NO3/c18-12-8-9-6-7-11(12)14-13(9)15(19)17(16(14)20)10-4-2-1-3-5-10/h1-5,9,11,13-14H,6-8H2/t9-,11+,13+,14-/m1/s1. The maximum Gasteiger partial charge on any atom is 0.238 e. The molecule has 20 heavy (non-hydrogen) atoms. The van der Waals surface area contributed by atoms with E-state index in [-0.39, 0.29) is 35.4 Å². The third kappa shape index (κ3) is 1.39. The number of nitrogens with zero attached hydrogens (tertiary/aromatic N) is 1. The van der Waals surface area contributed by atoms with Crippen LogP contribution in [0.15, 0.2) is 30.3 Å². The number of imide groups is 1. The Labute approximate surface area is 116 Å². The number of fused-ring (bicyclic) bond motifs is 2. The molecule has 2 bridgehead atoms. The lowest BCUT2D eigenvalue weighted by Crippen LogP contribution is -2.46. The molecule has 0 unspecified atom stereocenters. The Morgan fingerprint density at radius 3 is 2.30 bits per heavy atom. The first-order valence-electron chi connectivity index (χ1n) is 7.14. The lowest BCUT2D eigenvalue weighted by Gasteiger charge is -2.41. The quantitative estimate of drug-likeness (QED) is 0.730. The van der Waals surface area contributed by atoms with Crippen LogP contribution in [0.4, 0.5) is 5.69 Å². The smallest absolute Gasteiger partial charge is 0.238 e. The molecule has 4 nitrogen and oxygen atoms in total. The van der Waals surface area contributed by atoms with Gasteiger partial charge >= 0.3 is 0 Å².